The van der Waals surface area contributed by atoms with E-state index in [1.54, 1.807) is 24.3 Å². The lowest BCUT2D eigenvalue weighted by atomic mass is 10.2. The summed E-state index contributed by atoms with van der Waals surface area (Å²) < 4.78 is 39.7. The SMILES string of the molecule is O=C1Nc2ccccc2S[C@@H]1Nc1ccc(F)c(F)c1F. The monoisotopic (exact) mass is 310 g/mol. The summed E-state index contributed by atoms with van der Waals surface area (Å²) in [6.07, 6.45) is 0. The lowest BCUT2D eigenvalue weighted by Gasteiger charge is -2.25. The molecule has 0 unspecified atom stereocenters. The van der Waals surface area contributed by atoms with Crippen molar-refractivity contribution in [2.45, 2.75) is 10.3 Å². The summed E-state index contributed by atoms with van der Waals surface area (Å²) in [5.41, 5.74) is 0.400. The van der Waals surface area contributed by atoms with E-state index < -0.39 is 22.8 Å². The van der Waals surface area contributed by atoms with Gasteiger partial charge >= 0.3 is 0 Å². The molecule has 1 atom stereocenters. The Morgan fingerprint density at radius 2 is 1.81 bits per heavy atom. The van der Waals surface area contributed by atoms with Gasteiger partial charge in [0.2, 0.25) is 0 Å². The highest BCUT2D eigenvalue weighted by Gasteiger charge is 2.28. The molecule has 2 aromatic rings. The number of anilines is 2. The molecule has 2 aromatic carbocycles. The van der Waals surface area contributed by atoms with E-state index in [1.165, 1.54) is 11.8 Å². The van der Waals surface area contributed by atoms with Gasteiger partial charge in [0.1, 0.15) is 0 Å². The summed E-state index contributed by atoms with van der Waals surface area (Å²) in [5, 5.41) is 4.41. The summed E-state index contributed by atoms with van der Waals surface area (Å²) in [6.45, 7) is 0. The van der Waals surface area contributed by atoms with Crippen LogP contribution in [-0.2, 0) is 4.79 Å². The van der Waals surface area contributed by atoms with Gasteiger partial charge in [0, 0.05) is 4.90 Å². The number of thioether (sulfide) groups is 1. The molecule has 7 heteroatoms. The Balaban J connectivity index is 1.86. The third-order valence-electron chi connectivity index (χ3n) is 2.95. The molecular formula is C14H9F3N2OS. The van der Waals surface area contributed by atoms with E-state index in [0.717, 1.165) is 17.0 Å². The summed E-state index contributed by atoms with van der Waals surface area (Å²) in [6, 6.07) is 8.99. The minimum absolute atomic E-state index is 0.263. The molecule has 3 rings (SSSR count). The lowest BCUT2D eigenvalue weighted by Crippen LogP contribution is -2.35. The average Bonchev–Trinajstić information content (AvgIpc) is 2.48. The van der Waals surface area contributed by atoms with Crippen LogP contribution in [0.2, 0.25) is 0 Å². The number of carbonyl (C=O) groups excluding carboxylic acids is 1. The molecule has 0 fully saturated rings. The second-order valence-electron chi connectivity index (χ2n) is 4.35. The van der Waals surface area contributed by atoms with Gasteiger partial charge in [-0.15, -0.1) is 0 Å². The fourth-order valence-electron chi connectivity index (χ4n) is 1.93. The Morgan fingerprint density at radius 1 is 1.05 bits per heavy atom. The van der Waals surface area contributed by atoms with Crippen molar-refractivity contribution in [2.75, 3.05) is 10.6 Å². The normalized spacial score (nSPS) is 17.1. The standard InChI is InChI=1S/C14H9F3N2OS/c15-7-5-6-9(12(17)11(7)16)19-14-13(20)18-8-3-1-2-4-10(8)21-14/h1-6,14,19H,(H,18,20)/t14-/m0/s1. The summed E-state index contributed by atoms with van der Waals surface area (Å²) >= 11 is 1.17. The molecule has 0 spiro atoms. The van der Waals surface area contributed by atoms with Crippen LogP contribution in [-0.4, -0.2) is 11.3 Å². The van der Waals surface area contributed by atoms with Crippen LogP contribution in [0.3, 0.4) is 0 Å². The molecule has 1 heterocycles. The third kappa shape index (κ3) is 2.56. The minimum atomic E-state index is -1.57. The Bertz CT molecular complexity index is 723. The molecule has 0 aromatic heterocycles. The first-order valence-corrected chi connectivity index (χ1v) is 6.91. The van der Waals surface area contributed by atoms with Crippen LogP contribution in [0, 0.1) is 17.5 Å². The highest BCUT2D eigenvalue weighted by atomic mass is 32.2. The number of amides is 1. The molecule has 0 saturated heterocycles. The maximum Gasteiger partial charge on any atom is 0.257 e. The minimum Gasteiger partial charge on any atom is -0.363 e. The van der Waals surface area contributed by atoms with Gasteiger partial charge in [0.25, 0.3) is 5.91 Å². The Morgan fingerprint density at radius 3 is 2.62 bits per heavy atom. The van der Waals surface area contributed by atoms with E-state index in [4.69, 9.17) is 0 Å². The van der Waals surface area contributed by atoms with E-state index in [9.17, 15) is 18.0 Å². The van der Waals surface area contributed by atoms with Crippen molar-refractivity contribution in [3.05, 3.63) is 53.8 Å². The fraction of sp³-hybridized carbons (Fsp3) is 0.0714. The molecule has 21 heavy (non-hydrogen) atoms. The largest absolute Gasteiger partial charge is 0.363 e. The molecule has 1 amide bonds. The molecule has 0 saturated carbocycles. The maximum absolute atomic E-state index is 13.6. The van der Waals surface area contributed by atoms with Gasteiger partial charge in [-0.25, -0.2) is 13.2 Å². The first-order valence-electron chi connectivity index (χ1n) is 6.03. The average molecular weight is 310 g/mol. The van der Waals surface area contributed by atoms with E-state index in [1.807, 2.05) is 0 Å². The van der Waals surface area contributed by atoms with Crippen molar-refractivity contribution in [3.63, 3.8) is 0 Å². The van der Waals surface area contributed by atoms with E-state index in [-0.39, 0.29) is 11.6 Å². The van der Waals surface area contributed by atoms with E-state index in [2.05, 4.69) is 10.6 Å². The Labute approximate surface area is 122 Å². The molecule has 3 nitrogen and oxygen atoms in total. The molecule has 0 radical (unpaired) electrons. The number of nitrogens with one attached hydrogen (secondary N) is 2. The number of rotatable bonds is 2. The molecule has 1 aliphatic rings. The van der Waals surface area contributed by atoms with Crippen LogP contribution in [0.25, 0.3) is 0 Å². The number of hydrogen-bond donors (Lipinski definition) is 2. The van der Waals surface area contributed by atoms with Gasteiger partial charge in [0.15, 0.2) is 22.8 Å². The second-order valence-corrected chi connectivity index (χ2v) is 5.50. The van der Waals surface area contributed by atoms with Crippen molar-refractivity contribution >= 4 is 29.0 Å². The van der Waals surface area contributed by atoms with Crippen LogP contribution in [0.1, 0.15) is 0 Å². The number of hydrogen-bond acceptors (Lipinski definition) is 3. The van der Waals surface area contributed by atoms with Crippen LogP contribution in [0.4, 0.5) is 24.5 Å². The van der Waals surface area contributed by atoms with Gasteiger partial charge in [-0.05, 0) is 24.3 Å². The number of benzene rings is 2. The van der Waals surface area contributed by atoms with Crippen molar-refractivity contribution in [1.29, 1.82) is 0 Å². The van der Waals surface area contributed by atoms with Crippen LogP contribution >= 0.6 is 11.8 Å². The quantitative estimate of drug-likeness (QED) is 0.833. The summed E-state index contributed by atoms with van der Waals surface area (Å²) in [5.74, 6) is -4.57. The zero-order chi connectivity index (χ0) is 15.0. The zero-order valence-electron chi connectivity index (χ0n) is 10.5. The molecule has 1 aliphatic heterocycles. The molecule has 0 aliphatic carbocycles. The van der Waals surface area contributed by atoms with Crippen molar-refractivity contribution < 1.29 is 18.0 Å². The third-order valence-corrected chi connectivity index (χ3v) is 4.13. The first-order chi connectivity index (χ1) is 10.1. The molecule has 2 N–H and O–H groups in total. The number of para-hydroxylation sites is 1. The maximum atomic E-state index is 13.6. The molecular weight excluding hydrogens is 301 g/mol. The lowest BCUT2D eigenvalue weighted by molar-refractivity contribution is -0.115. The summed E-state index contributed by atoms with van der Waals surface area (Å²) in [4.78, 5) is 12.7. The topological polar surface area (TPSA) is 41.1 Å². The van der Waals surface area contributed by atoms with Crippen molar-refractivity contribution in [3.8, 4) is 0 Å². The van der Waals surface area contributed by atoms with Crippen molar-refractivity contribution in [1.82, 2.24) is 0 Å². The van der Waals surface area contributed by atoms with Gasteiger partial charge < -0.3 is 10.6 Å². The number of fused-ring (bicyclic) bond motifs is 1. The predicted octanol–water partition coefficient (Wildman–Crippen LogP) is 3.59. The van der Waals surface area contributed by atoms with Gasteiger partial charge in [-0.2, -0.15) is 0 Å². The fourth-order valence-corrected chi connectivity index (χ4v) is 2.93. The number of halogens is 3. The van der Waals surface area contributed by atoms with E-state index in [0.29, 0.717) is 5.69 Å². The van der Waals surface area contributed by atoms with E-state index >= 15 is 0 Å². The molecule has 108 valence electrons. The van der Waals surface area contributed by atoms with Crippen LogP contribution in [0.5, 0.6) is 0 Å². The Hall–Kier alpha value is -2.15. The highest BCUT2D eigenvalue weighted by molar-refractivity contribution is 8.01. The van der Waals surface area contributed by atoms with Gasteiger partial charge in [-0.1, -0.05) is 23.9 Å². The smallest absolute Gasteiger partial charge is 0.257 e. The molecule has 0 bridgehead atoms. The van der Waals surface area contributed by atoms with Crippen molar-refractivity contribution in [2.24, 2.45) is 0 Å². The second kappa shape index (κ2) is 5.33. The van der Waals surface area contributed by atoms with Crippen LogP contribution < -0.4 is 10.6 Å². The number of carbonyl (C=O) groups is 1. The zero-order valence-corrected chi connectivity index (χ0v) is 11.3. The Kier molecular flexibility index (Phi) is 3.50. The predicted molar refractivity (Wildman–Crippen MR) is 74.7 cm³/mol. The van der Waals surface area contributed by atoms with Gasteiger partial charge in [0.05, 0.1) is 11.4 Å². The van der Waals surface area contributed by atoms with Gasteiger partial charge in [-0.3, -0.25) is 4.79 Å². The van der Waals surface area contributed by atoms with Crippen LogP contribution in [0.15, 0.2) is 41.3 Å². The highest BCUT2D eigenvalue weighted by Crippen LogP contribution is 2.36. The summed E-state index contributed by atoms with van der Waals surface area (Å²) in [7, 11) is 0. The first kappa shape index (κ1) is 13.8.